The van der Waals surface area contributed by atoms with Crippen molar-refractivity contribution in [3.63, 3.8) is 0 Å². The van der Waals surface area contributed by atoms with Crippen LogP contribution in [-0.4, -0.2) is 27.0 Å². The van der Waals surface area contributed by atoms with Crippen LogP contribution in [0.3, 0.4) is 0 Å². The molecule has 7 heteroatoms. The first-order chi connectivity index (χ1) is 9.94. The second kappa shape index (κ2) is 6.00. The van der Waals surface area contributed by atoms with Crippen molar-refractivity contribution in [1.82, 2.24) is 9.97 Å². The molecule has 7 nitrogen and oxygen atoms in total. The van der Waals surface area contributed by atoms with Crippen LogP contribution in [0.25, 0.3) is 0 Å². The van der Waals surface area contributed by atoms with Crippen molar-refractivity contribution in [2.24, 2.45) is 0 Å². The second-order valence-electron chi connectivity index (χ2n) is 4.41. The second-order valence-corrected chi connectivity index (χ2v) is 4.41. The maximum absolute atomic E-state index is 11.0. The Labute approximate surface area is 121 Å². The number of anilines is 3. The van der Waals surface area contributed by atoms with Crippen LogP contribution in [0.2, 0.25) is 0 Å². The molecular weight excluding hydrogens is 272 g/mol. The molecule has 21 heavy (non-hydrogen) atoms. The molecule has 0 aliphatic rings. The molecule has 0 atom stereocenters. The van der Waals surface area contributed by atoms with Gasteiger partial charge in [0.25, 0.3) is 0 Å². The summed E-state index contributed by atoms with van der Waals surface area (Å²) in [6.07, 6.45) is 0. The van der Waals surface area contributed by atoms with Crippen molar-refractivity contribution in [2.75, 3.05) is 10.6 Å². The van der Waals surface area contributed by atoms with Crippen LogP contribution in [0.5, 0.6) is 0 Å². The molecule has 0 bridgehead atoms. The third-order valence-corrected chi connectivity index (χ3v) is 2.51. The Kier molecular flexibility index (Phi) is 4.13. The molecule has 1 aromatic heterocycles. The minimum Gasteiger partial charge on any atom is -0.477 e. The highest BCUT2D eigenvalue weighted by atomic mass is 16.4. The number of hydrogen-bond acceptors (Lipinski definition) is 5. The van der Waals surface area contributed by atoms with E-state index in [-0.39, 0.29) is 17.5 Å². The van der Waals surface area contributed by atoms with E-state index in [0.29, 0.717) is 17.1 Å². The largest absolute Gasteiger partial charge is 0.477 e. The minimum atomic E-state index is -1.12. The highest BCUT2D eigenvalue weighted by Gasteiger charge is 2.09. The Morgan fingerprint density at radius 3 is 2.52 bits per heavy atom. The Morgan fingerprint density at radius 1 is 1.14 bits per heavy atom. The number of hydrogen-bond donors (Lipinski definition) is 3. The van der Waals surface area contributed by atoms with Crippen LogP contribution in [0.15, 0.2) is 30.3 Å². The summed E-state index contributed by atoms with van der Waals surface area (Å²) in [4.78, 5) is 30.0. The number of aromatic carboxylic acids is 1. The number of carbonyl (C=O) groups is 2. The van der Waals surface area contributed by atoms with Gasteiger partial charge in [-0.1, -0.05) is 6.07 Å². The van der Waals surface area contributed by atoms with Crippen LogP contribution in [-0.2, 0) is 4.79 Å². The fourth-order valence-corrected chi connectivity index (χ4v) is 1.74. The lowest BCUT2D eigenvalue weighted by Crippen LogP contribution is -2.07. The van der Waals surface area contributed by atoms with Gasteiger partial charge < -0.3 is 15.7 Å². The first-order valence-electron chi connectivity index (χ1n) is 6.17. The van der Waals surface area contributed by atoms with E-state index in [2.05, 4.69) is 20.6 Å². The summed E-state index contributed by atoms with van der Waals surface area (Å²) >= 11 is 0. The van der Waals surface area contributed by atoms with E-state index < -0.39 is 5.97 Å². The predicted molar refractivity (Wildman–Crippen MR) is 77.8 cm³/mol. The van der Waals surface area contributed by atoms with Crippen LogP contribution >= 0.6 is 0 Å². The first-order valence-corrected chi connectivity index (χ1v) is 6.17. The van der Waals surface area contributed by atoms with E-state index in [1.54, 1.807) is 31.2 Å². The maximum atomic E-state index is 11.0. The summed E-state index contributed by atoms with van der Waals surface area (Å²) in [6.45, 7) is 3.11. The number of aryl methyl sites for hydroxylation is 1. The number of nitrogens with one attached hydrogen (secondary N) is 2. The molecule has 0 saturated heterocycles. The van der Waals surface area contributed by atoms with Gasteiger partial charge in [0.1, 0.15) is 0 Å². The van der Waals surface area contributed by atoms with Crippen LogP contribution in [0.4, 0.5) is 17.3 Å². The molecule has 3 N–H and O–H groups in total. The van der Waals surface area contributed by atoms with Gasteiger partial charge in [-0.05, 0) is 31.2 Å². The average Bonchev–Trinajstić information content (AvgIpc) is 2.37. The number of carbonyl (C=O) groups excluding carboxylic acids is 1. The minimum absolute atomic E-state index is 0.0805. The van der Waals surface area contributed by atoms with Crippen LogP contribution in [0, 0.1) is 6.92 Å². The SMILES string of the molecule is CC(=O)Nc1cccc(Nc2nc(C)cc(C(=O)O)n2)c1. The van der Waals surface area contributed by atoms with Crippen molar-refractivity contribution >= 4 is 29.2 Å². The molecule has 1 amide bonds. The molecule has 1 aromatic carbocycles. The van der Waals surface area contributed by atoms with Gasteiger partial charge in [-0.15, -0.1) is 0 Å². The molecule has 0 fully saturated rings. The lowest BCUT2D eigenvalue weighted by molar-refractivity contribution is -0.114. The highest BCUT2D eigenvalue weighted by Crippen LogP contribution is 2.18. The number of carboxylic acids is 1. The van der Waals surface area contributed by atoms with Crippen molar-refractivity contribution in [2.45, 2.75) is 13.8 Å². The zero-order chi connectivity index (χ0) is 15.4. The summed E-state index contributed by atoms with van der Waals surface area (Å²) < 4.78 is 0. The van der Waals surface area contributed by atoms with Crippen LogP contribution in [0.1, 0.15) is 23.1 Å². The Balaban J connectivity index is 2.25. The Bertz CT molecular complexity index is 700. The fourth-order valence-electron chi connectivity index (χ4n) is 1.74. The lowest BCUT2D eigenvalue weighted by atomic mass is 10.2. The zero-order valence-electron chi connectivity index (χ0n) is 11.5. The van der Waals surface area contributed by atoms with Crippen molar-refractivity contribution in [3.8, 4) is 0 Å². The van der Waals surface area contributed by atoms with Gasteiger partial charge in [0.15, 0.2) is 5.69 Å². The summed E-state index contributed by atoms with van der Waals surface area (Å²) in [5, 5.41) is 14.6. The summed E-state index contributed by atoms with van der Waals surface area (Å²) in [5.41, 5.74) is 1.73. The topological polar surface area (TPSA) is 104 Å². The van der Waals surface area contributed by atoms with Gasteiger partial charge in [0, 0.05) is 24.0 Å². The molecule has 1 heterocycles. The standard InChI is InChI=1S/C14H14N4O3/c1-8-6-12(13(20)21)18-14(15-8)17-11-5-3-4-10(7-11)16-9(2)19/h3-7H,1-2H3,(H,16,19)(H,20,21)(H,15,17,18). The quantitative estimate of drug-likeness (QED) is 0.795. The number of amides is 1. The molecule has 0 radical (unpaired) electrons. The van der Waals surface area contributed by atoms with E-state index >= 15 is 0 Å². The van der Waals surface area contributed by atoms with Gasteiger partial charge in [-0.3, -0.25) is 4.79 Å². The molecule has 0 saturated carbocycles. The maximum Gasteiger partial charge on any atom is 0.354 e. The van der Waals surface area contributed by atoms with Crippen LogP contribution < -0.4 is 10.6 Å². The normalized spacial score (nSPS) is 10.0. The lowest BCUT2D eigenvalue weighted by Gasteiger charge is -2.08. The number of carboxylic acid groups (broad SMARTS) is 1. The smallest absolute Gasteiger partial charge is 0.354 e. The molecule has 0 aliphatic carbocycles. The van der Waals surface area contributed by atoms with Crippen molar-refractivity contribution < 1.29 is 14.7 Å². The van der Waals surface area contributed by atoms with Gasteiger partial charge in [-0.2, -0.15) is 0 Å². The Morgan fingerprint density at radius 2 is 1.86 bits per heavy atom. The molecular formula is C14H14N4O3. The number of nitrogens with zero attached hydrogens (tertiary/aromatic N) is 2. The van der Waals surface area contributed by atoms with Gasteiger partial charge in [0.05, 0.1) is 0 Å². The summed E-state index contributed by atoms with van der Waals surface area (Å²) in [7, 11) is 0. The number of rotatable bonds is 4. The first kappa shape index (κ1) is 14.4. The van der Waals surface area contributed by atoms with Crippen molar-refractivity contribution in [3.05, 3.63) is 41.7 Å². The fraction of sp³-hybridized carbons (Fsp3) is 0.143. The Hall–Kier alpha value is -2.96. The third-order valence-electron chi connectivity index (χ3n) is 2.51. The molecule has 2 rings (SSSR count). The third kappa shape index (κ3) is 4.00. The molecule has 0 unspecified atom stereocenters. The average molecular weight is 286 g/mol. The zero-order valence-corrected chi connectivity index (χ0v) is 11.5. The van der Waals surface area contributed by atoms with E-state index in [4.69, 9.17) is 5.11 Å². The highest BCUT2D eigenvalue weighted by molar-refractivity contribution is 5.89. The molecule has 108 valence electrons. The molecule has 0 aliphatic heterocycles. The van der Waals surface area contributed by atoms with E-state index in [1.807, 2.05) is 0 Å². The number of benzene rings is 1. The van der Waals surface area contributed by atoms with E-state index in [9.17, 15) is 9.59 Å². The molecule has 2 aromatic rings. The van der Waals surface area contributed by atoms with Gasteiger partial charge in [0.2, 0.25) is 11.9 Å². The van der Waals surface area contributed by atoms with Gasteiger partial charge >= 0.3 is 5.97 Å². The summed E-state index contributed by atoms with van der Waals surface area (Å²) in [6, 6.07) is 8.35. The van der Waals surface area contributed by atoms with E-state index in [0.717, 1.165) is 0 Å². The van der Waals surface area contributed by atoms with Gasteiger partial charge in [-0.25, -0.2) is 14.8 Å². The van der Waals surface area contributed by atoms with Crippen molar-refractivity contribution in [1.29, 1.82) is 0 Å². The monoisotopic (exact) mass is 286 g/mol. The van der Waals surface area contributed by atoms with E-state index in [1.165, 1.54) is 13.0 Å². The molecule has 0 spiro atoms. The summed E-state index contributed by atoms with van der Waals surface area (Å²) in [5.74, 6) is -1.10. The number of aromatic nitrogens is 2. The predicted octanol–water partition coefficient (Wildman–Crippen LogP) is 2.19.